The molecular formula is C27H25ClF3N5O4S. The van der Waals surface area contributed by atoms with Gasteiger partial charge in [0.25, 0.3) is 5.91 Å². The Hall–Kier alpha value is -4.23. The number of anilines is 1. The summed E-state index contributed by atoms with van der Waals surface area (Å²) < 4.78 is 62.7. The molecule has 1 fully saturated rings. The molecule has 0 aliphatic heterocycles. The molecule has 0 spiro atoms. The largest absolute Gasteiger partial charge is 0.435 e. The lowest BCUT2D eigenvalue weighted by atomic mass is 10.2. The van der Waals surface area contributed by atoms with E-state index >= 15 is 0 Å². The Morgan fingerprint density at radius 1 is 1.00 bits per heavy atom. The molecule has 3 N–H and O–H groups in total. The summed E-state index contributed by atoms with van der Waals surface area (Å²) in [6.07, 6.45) is 1.33. The number of alkyl halides is 3. The average molecular weight is 608 g/mol. The smallest absolute Gasteiger partial charge is 0.366 e. The molecule has 1 aliphatic rings. The molecule has 14 heteroatoms. The van der Waals surface area contributed by atoms with Crippen molar-refractivity contribution in [1.29, 1.82) is 0 Å². The Morgan fingerprint density at radius 2 is 1.61 bits per heavy atom. The standard InChI is InChI=1S/C19H15F3N4O.C8H9NO3S.ClH/c20-19(21,22)17-11-16(12-1-2-12)26(25-17)15-5-3-14(4-6-15)24-18(27)13-7-9-23-10-8-13;1-13(11,12)7-5-3-2-4-6(7)8(9)10;/h3-12H,1-2H2,(H,24,27);2-5H,1H3,(H2,9,10);1H. The fourth-order valence-electron chi connectivity index (χ4n) is 3.80. The number of amides is 2. The van der Waals surface area contributed by atoms with Crippen LogP contribution in [0.15, 0.2) is 84.0 Å². The second-order valence-corrected chi connectivity index (χ2v) is 11.0. The summed E-state index contributed by atoms with van der Waals surface area (Å²) in [7, 11) is -3.38. The summed E-state index contributed by atoms with van der Waals surface area (Å²) >= 11 is 0. The van der Waals surface area contributed by atoms with Gasteiger partial charge in [0.1, 0.15) is 0 Å². The van der Waals surface area contributed by atoms with Crippen molar-refractivity contribution in [3.8, 4) is 5.69 Å². The number of nitrogens with one attached hydrogen (secondary N) is 1. The van der Waals surface area contributed by atoms with Crippen LogP contribution < -0.4 is 11.1 Å². The number of nitrogens with two attached hydrogens (primary N) is 1. The Morgan fingerprint density at radius 3 is 2.12 bits per heavy atom. The number of nitrogens with zero attached hydrogens (tertiary/aromatic N) is 3. The lowest BCUT2D eigenvalue weighted by Gasteiger charge is -2.09. The summed E-state index contributed by atoms with van der Waals surface area (Å²) in [6.45, 7) is 0. The van der Waals surface area contributed by atoms with E-state index in [2.05, 4.69) is 15.4 Å². The highest BCUT2D eigenvalue weighted by atomic mass is 35.5. The second kappa shape index (κ2) is 12.5. The van der Waals surface area contributed by atoms with Gasteiger partial charge in [-0.25, -0.2) is 13.1 Å². The van der Waals surface area contributed by atoms with Gasteiger partial charge in [0.2, 0.25) is 5.91 Å². The van der Waals surface area contributed by atoms with Crippen molar-refractivity contribution in [2.75, 3.05) is 11.6 Å². The molecule has 0 bridgehead atoms. The number of hydrogen-bond donors (Lipinski definition) is 2. The van der Waals surface area contributed by atoms with Gasteiger partial charge in [-0.1, -0.05) is 12.1 Å². The number of sulfone groups is 1. The molecule has 1 aliphatic carbocycles. The predicted molar refractivity (Wildman–Crippen MR) is 148 cm³/mol. The lowest BCUT2D eigenvalue weighted by Crippen LogP contribution is -2.15. The summed E-state index contributed by atoms with van der Waals surface area (Å²) in [6, 6.07) is 16.7. The Bertz CT molecular complexity index is 1640. The Labute approximate surface area is 239 Å². The number of halogens is 4. The highest BCUT2D eigenvalue weighted by Crippen LogP contribution is 2.43. The molecule has 2 aromatic heterocycles. The topological polar surface area (TPSA) is 137 Å². The number of hydrogen-bond acceptors (Lipinski definition) is 6. The molecule has 5 rings (SSSR count). The van der Waals surface area contributed by atoms with Crippen LogP contribution in [-0.2, 0) is 16.0 Å². The maximum absolute atomic E-state index is 13.0. The van der Waals surface area contributed by atoms with Gasteiger partial charge in [-0.05, 0) is 67.4 Å². The van der Waals surface area contributed by atoms with Gasteiger partial charge < -0.3 is 11.1 Å². The van der Waals surface area contributed by atoms with E-state index < -0.39 is 27.6 Å². The first kappa shape index (κ1) is 31.3. The highest BCUT2D eigenvalue weighted by Gasteiger charge is 2.38. The number of carbonyl (C=O) groups excluding carboxylic acids is 2. The molecule has 216 valence electrons. The van der Waals surface area contributed by atoms with Crippen molar-refractivity contribution in [2.45, 2.75) is 29.8 Å². The van der Waals surface area contributed by atoms with Crippen molar-refractivity contribution >= 4 is 39.7 Å². The molecule has 9 nitrogen and oxygen atoms in total. The molecule has 2 heterocycles. The van der Waals surface area contributed by atoms with E-state index in [1.165, 1.54) is 29.2 Å². The fourth-order valence-corrected chi connectivity index (χ4v) is 4.69. The number of rotatable bonds is 6. The van der Waals surface area contributed by atoms with Gasteiger partial charge in [-0.15, -0.1) is 12.4 Å². The molecule has 0 radical (unpaired) electrons. The number of pyridine rings is 1. The molecule has 2 amide bonds. The molecule has 0 unspecified atom stereocenters. The van der Waals surface area contributed by atoms with Crippen LogP contribution in [0, 0.1) is 0 Å². The summed E-state index contributed by atoms with van der Waals surface area (Å²) in [5.74, 6) is -0.914. The van der Waals surface area contributed by atoms with E-state index in [0.717, 1.165) is 25.2 Å². The fraction of sp³-hybridized carbons (Fsp3) is 0.185. The van der Waals surface area contributed by atoms with E-state index in [0.29, 0.717) is 22.6 Å². The van der Waals surface area contributed by atoms with Gasteiger partial charge in [0.05, 0.1) is 16.1 Å². The van der Waals surface area contributed by atoms with Crippen LogP contribution in [0.5, 0.6) is 0 Å². The molecule has 0 atom stereocenters. The van der Waals surface area contributed by atoms with E-state index in [9.17, 15) is 31.2 Å². The van der Waals surface area contributed by atoms with Crippen LogP contribution in [0.25, 0.3) is 5.69 Å². The SMILES string of the molecule is CS(=O)(=O)c1ccccc1C(N)=O.Cl.O=C(Nc1ccc(-n2nc(C(F)(F)F)cc2C2CC2)cc1)c1ccncc1. The minimum Gasteiger partial charge on any atom is -0.366 e. The molecular weight excluding hydrogens is 583 g/mol. The number of primary amides is 1. The third-order valence-electron chi connectivity index (χ3n) is 5.89. The number of aromatic nitrogens is 3. The van der Waals surface area contributed by atoms with Crippen molar-refractivity contribution in [3.05, 3.63) is 102 Å². The first-order valence-corrected chi connectivity index (χ1v) is 13.8. The Balaban J connectivity index is 0.000000280. The van der Waals surface area contributed by atoms with Crippen LogP contribution in [0.1, 0.15) is 50.9 Å². The zero-order valence-corrected chi connectivity index (χ0v) is 23.1. The first-order valence-electron chi connectivity index (χ1n) is 11.9. The van der Waals surface area contributed by atoms with E-state index in [1.807, 2.05) is 0 Å². The van der Waals surface area contributed by atoms with Crippen molar-refractivity contribution in [2.24, 2.45) is 5.73 Å². The van der Waals surface area contributed by atoms with Crippen molar-refractivity contribution in [1.82, 2.24) is 14.8 Å². The van der Waals surface area contributed by atoms with Gasteiger partial charge in [0.15, 0.2) is 15.5 Å². The maximum Gasteiger partial charge on any atom is 0.435 e. The first-order chi connectivity index (χ1) is 18.8. The zero-order valence-electron chi connectivity index (χ0n) is 21.5. The third-order valence-corrected chi connectivity index (χ3v) is 7.04. The van der Waals surface area contributed by atoms with Crippen LogP contribution in [0.2, 0.25) is 0 Å². The highest BCUT2D eigenvalue weighted by molar-refractivity contribution is 7.90. The van der Waals surface area contributed by atoms with Crippen LogP contribution in [0.3, 0.4) is 0 Å². The van der Waals surface area contributed by atoms with Crippen LogP contribution >= 0.6 is 12.4 Å². The van der Waals surface area contributed by atoms with E-state index in [-0.39, 0.29) is 34.7 Å². The molecule has 41 heavy (non-hydrogen) atoms. The predicted octanol–water partition coefficient (Wildman–Crippen LogP) is 5.03. The minimum absolute atomic E-state index is 0. The lowest BCUT2D eigenvalue weighted by molar-refractivity contribution is -0.141. The average Bonchev–Trinajstić information content (AvgIpc) is 3.66. The van der Waals surface area contributed by atoms with E-state index in [4.69, 9.17) is 5.73 Å². The van der Waals surface area contributed by atoms with Gasteiger partial charge in [0, 0.05) is 41.5 Å². The molecule has 4 aromatic rings. The monoisotopic (exact) mass is 607 g/mol. The summed E-state index contributed by atoms with van der Waals surface area (Å²) in [5.41, 5.74) is 6.24. The molecule has 1 saturated carbocycles. The zero-order chi connectivity index (χ0) is 29.1. The van der Waals surface area contributed by atoms with E-state index in [1.54, 1.807) is 48.5 Å². The minimum atomic E-state index is -4.48. The van der Waals surface area contributed by atoms with Gasteiger partial charge in [-0.2, -0.15) is 18.3 Å². The molecule has 0 saturated heterocycles. The number of carbonyl (C=O) groups is 2. The normalized spacial score (nSPS) is 12.9. The maximum atomic E-state index is 13.0. The van der Waals surface area contributed by atoms with Gasteiger partial charge in [-0.3, -0.25) is 14.6 Å². The summed E-state index contributed by atoms with van der Waals surface area (Å²) in [5, 5.41) is 6.49. The van der Waals surface area contributed by atoms with Gasteiger partial charge >= 0.3 is 6.18 Å². The molecule has 2 aromatic carbocycles. The summed E-state index contributed by atoms with van der Waals surface area (Å²) in [4.78, 5) is 26.8. The Kier molecular flexibility index (Phi) is 9.56. The third kappa shape index (κ3) is 7.92. The number of benzene rings is 2. The van der Waals surface area contributed by atoms with Crippen LogP contribution in [0.4, 0.5) is 18.9 Å². The second-order valence-electron chi connectivity index (χ2n) is 9.01. The van der Waals surface area contributed by atoms with Crippen molar-refractivity contribution in [3.63, 3.8) is 0 Å². The van der Waals surface area contributed by atoms with Crippen molar-refractivity contribution < 1.29 is 31.2 Å². The quantitative estimate of drug-likeness (QED) is 0.316. The van der Waals surface area contributed by atoms with Crippen LogP contribution in [-0.4, -0.2) is 41.3 Å².